The highest BCUT2D eigenvalue weighted by molar-refractivity contribution is 7.13. The van der Waals surface area contributed by atoms with E-state index in [-0.39, 0.29) is 11.9 Å². The summed E-state index contributed by atoms with van der Waals surface area (Å²) in [5.74, 6) is 1.38. The van der Waals surface area contributed by atoms with Crippen molar-refractivity contribution in [3.8, 4) is 10.6 Å². The molecule has 0 spiro atoms. The van der Waals surface area contributed by atoms with Gasteiger partial charge in [-0.2, -0.15) is 5.10 Å². The molecule has 0 fully saturated rings. The predicted molar refractivity (Wildman–Crippen MR) is 141 cm³/mol. The molecule has 4 aromatic heterocycles. The van der Waals surface area contributed by atoms with Crippen LogP contribution >= 0.6 is 11.3 Å². The molecule has 0 saturated heterocycles. The smallest absolute Gasteiger partial charge is 0.255 e. The van der Waals surface area contributed by atoms with Crippen LogP contribution in [0.5, 0.6) is 0 Å². The van der Waals surface area contributed by atoms with E-state index in [4.69, 9.17) is 5.10 Å². The summed E-state index contributed by atoms with van der Waals surface area (Å²) in [6.07, 6.45) is 2.55. The molecule has 1 atom stereocenters. The van der Waals surface area contributed by atoms with Gasteiger partial charge in [0.15, 0.2) is 5.82 Å². The van der Waals surface area contributed by atoms with Crippen LogP contribution in [0.4, 0.5) is 0 Å². The van der Waals surface area contributed by atoms with E-state index in [1.807, 2.05) is 70.9 Å². The number of rotatable bonds is 8. The second-order valence-corrected chi connectivity index (χ2v) is 10.4. The molecule has 1 unspecified atom stereocenters. The first kappa shape index (κ1) is 23.9. The zero-order valence-corrected chi connectivity index (χ0v) is 21.7. The molecule has 8 nitrogen and oxygen atoms in total. The third-order valence-electron chi connectivity index (χ3n) is 5.99. The molecule has 4 heterocycles. The van der Waals surface area contributed by atoms with E-state index in [1.165, 1.54) is 0 Å². The Morgan fingerprint density at radius 3 is 2.61 bits per heavy atom. The number of nitrogens with one attached hydrogen (secondary N) is 1. The Balaban J connectivity index is 1.50. The highest BCUT2D eigenvalue weighted by Gasteiger charge is 2.26. The fourth-order valence-electron chi connectivity index (χ4n) is 4.45. The summed E-state index contributed by atoms with van der Waals surface area (Å²) in [4.78, 5) is 19.2. The highest BCUT2D eigenvalue weighted by Crippen LogP contribution is 2.28. The van der Waals surface area contributed by atoms with Crippen molar-refractivity contribution < 1.29 is 4.79 Å². The summed E-state index contributed by atoms with van der Waals surface area (Å²) >= 11 is 1.57. The molecule has 1 N–H and O–H groups in total. The van der Waals surface area contributed by atoms with Crippen LogP contribution in [-0.2, 0) is 6.54 Å². The largest absolute Gasteiger partial charge is 0.342 e. The average molecular weight is 500 g/mol. The van der Waals surface area contributed by atoms with E-state index in [1.54, 1.807) is 11.3 Å². The van der Waals surface area contributed by atoms with Gasteiger partial charge in [0, 0.05) is 17.6 Å². The summed E-state index contributed by atoms with van der Waals surface area (Å²) in [6.45, 7) is 8.79. The Labute approximate surface area is 214 Å². The first-order chi connectivity index (χ1) is 17.4. The lowest BCUT2D eigenvalue weighted by Crippen LogP contribution is -2.31. The zero-order valence-electron chi connectivity index (χ0n) is 20.8. The van der Waals surface area contributed by atoms with Crippen LogP contribution in [0.2, 0.25) is 0 Å². The Morgan fingerprint density at radius 2 is 1.89 bits per heavy atom. The molecule has 5 aromatic rings. The first-order valence-electron chi connectivity index (χ1n) is 12.0. The Morgan fingerprint density at radius 1 is 1.08 bits per heavy atom. The van der Waals surface area contributed by atoms with Crippen LogP contribution in [0.25, 0.3) is 16.3 Å². The summed E-state index contributed by atoms with van der Waals surface area (Å²) in [6, 6.07) is 15.7. The quantitative estimate of drug-likeness (QED) is 0.316. The van der Waals surface area contributed by atoms with Gasteiger partial charge in [0.2, 0.25) is 0 Å². The van der Waals surface area contributed by atoms with Gasteiger partial charge in [-0.25, -0.2) is 4.98 Å². The van der Waals surface area contributed by atoms with E-state index < -0.39 is 0 Å². The summed E-state index contributed by atoms with van der Waals surface area (Å²) in [7, 11) is 0. The molecule has 0 aliphatic rings. The van der Waals surface area contributed by atoms with E-state index in [9.17, 15) is 4.79 Å². The van der Waals surface area contributed by atoms with Crippen LogP contribution in [0.1, 0.15) is 59.4 Å². The maximum absolute atomic E-state index is 13.8. The number of thiophene rings is 1. The number of aromatic nitrogens is 6. The number of aryl methyl sites for hydroxylation is 2. The molecule has 1 amide bonds. The lowest BCUT2D eigenvalue weighted by atomic mass is 10.0. The fraction of sp³-hybridized carbons (Fsp3) is 0.296. The van der Waals surface area contributed by atoms with Gasteiger partial charge in [0.05, 0.1) is 23.0 Å². The van der Waals surface area contributed by atoms with Gasteiger partial charge in [-0.15, -0.1) is 21.5 Å². The molecule has 36 heavy (non-hydrogen) atoms. The maximum Gasteiger partial charge on any atom is 0.255 e. The van der Waals surface area contributed by atoms with Crippen molar-refractivity contribution in [1.82, 2.24) is 34.7 Å². The number of nitrogens with zero attached hydrogens (tertiary/aromatic N) is 6. The lowest BCUT2D eigenvalue weighted by Gasteiger charge is -2.20. The first-order valence-corrected chi connectivity index (χ1v) is 12.9. The molecule has 0 saturated carbocycles. The molecule has 1 aromatic carbocycles. The molecular formula is C27H29N7OS. The zero-order chi connectivity index (χ0) is 25.2. The molecule has 0 radical (unpaired) electrons. The number of hydrogen-bond donors (Lipinski definition) is 1. The monoisotopic (exact) mass is 499 g/mol. The Kier molecular flexibility index (Phi) is 6.65. The molecule has 0 aliphatic heterocycles. The number of hydrogen-bond acceptors (Lipinski definition) is 6. The van der Waals surface area contributed by atoms with Crippen molar-refractivity contribution >= 4 is 23.0 Å². The van der Waals surface area contributed by atoms with Crippen molar-refractivity contribution in [3.05, 3.63) is 88.4 Å². The topological polar surface area (TPSA) is 90.0 Å². The van der Waals surface area contributed by atoms with Gasteiger partial charge in [-0.1, -0.05) is 50.2 Å². The average Bonchev–Trinajstić information content (AvgIpc) is 3.58. The second kappa shape index (κ2) is 10.0. The van der Waals surface area contributed by atoms with Crippen molar-refractivity contribution in [1.29, 1.82) is 0 Å². The molecule has 0 bridgehead atoms. The Hall–Kier alpha value is -3.85. The van der Waals surface area contributed by atoms with Crippen LogP contribution in [0.15, 0.2) is 60.1 Å². The van der Waals surface area contributed by atoms with Gasteiger partial charge in [0.1, 0.15) is 5.69 Å². The maximum atomic E-state index is 13.8. The van der Waals surface area contributed by atoms with E-state index in [0.717, 1.165) is 21.8 Å². The van der Waals surface area contributed by atoms with Crippen LogP contribution in [-0.4, -0.2) is 35.3 Å². The van der Waals surface area contributed by atoms with Crippen molar-refractivity contribution in [2.24, 2.45) is 5.92 Å². The summed E-state index contributed by atoms with van der Waals surface area (Å²) in [5.41, 5.74) is 4.21. The van der Waals surface area contributed by atoms with Crippen LogP contribution < -0.4 is 5.32 Å². The fourth-order valence-corrected chi connectivity index (χ4v) is 5.17. The number of carbonyl (C=O) groups excluding carboxylic acids is 1. The standard InChI is InChI=1S/C27H29N7OS/c1-17(2)13-22(25-30-31-27-28-18(3)14-19(4)34(25)27)29-26(35)21-16-33(15-20-9-6-5-7-10-20)32-24(21)23-11-8-12-36-23/h5-12,14,16-17,22H,13,15H2,1-4H3,(H,29,35). The van der Waals surface area contributed by atoms with Gasteiger partial charge < -0.3 is 5.32 Å². The van der Waals surface area contributed by atoms with Crippen molar-refractivity contribution in [2.75, 3.05) is 0 Å². The van der Waals surface area contributed by atoms with Gasteiger partial charge in [-0.05, 0) is 49.3 Å². The second-order valence-electron chi connectivity index (χ2n) is 9.44. The minimum absolute atomic E-state index is 0.183. The molecule has 184 valence electrons. The molecule has 5 rings (SSSR count). The van der Waals surface area contributed by atoms with Gasteiger partial charge in [0.25, 0.3) is 11.7 Å². The minimum Gasteiger partial charge on any atom is -0.342 e. The summed E-state index contributed by atoms with van der Waals surface area (Å²) < 4.78 is 3.76. The lowest BCUT2D eigenvalue weighted by molar-refractivity contribution is 0.0930. The van der Waals surface area contributed by atoms with E-state index in [0.29, 0.717) is 41.7 Å². The third-order valence-corrected chi connectivity index (χ3v) is 6.87. The van der Waals surface area contributed by atoms with Crippen molar-refractivity contribution in [2.45, 2.75) is 46.7 Å². The van der Waals surface area contributed by atoms with E-state index in [2.05, 4.69) is 46.5 Å². The number of benzene rings is 1. The Bertz CT molecular complexity index is 1490. The number of carbonyl (C=O) groups is 1. The third kappa shape index (κ3) is 4.92. The highest BCUT2D eigenvalue weighted by atomic mass is 32.1. The predicted octanol–water partition coefficient (Wildman–Crippen LogP) is 5.23. The van der Waals surface area contributed by atoms with Crippen molar-refractivity contribution in [3.63, 3.8) is 0 Å². The normalized spacial score (nSPS) is 12.4. The van der Waals surface area contributed by atoms with E-state index >= 15 is 0 Å². The number of fused-ring (bicyclic) bond motifs is 1. The SMILES string of the molecule is Cc1cc(C)n2c(C(CC(C)C)NC(=O)c3cn(Cc4ccccc4)nc3-c3cccs3)nnc2n1. The molecule has 9 heteroatoms. The molecule has 0 aliphatic carbocycles. The number of amides is 1. The van der Waals surface area contributed by atoms with Gasteiger partial charge >= 0.3 is 0 Å². The molecular weight excluding hydrogens is 470 g/mol. The van der Waals surface area contributed by atoms with Crippen LogP contribution in [0, 0.1) is 19.8 Å². The minimum atomic E-state index is -0.329. The summed E-state index contributed by atoms with van der Waals surface area (Å²) in [5, 5.41) is 18.8. The van der Waals surface area contributed by atoms with Gasteiger partial charge in [-0.3, -0.25) is 13.9 Å². The van der Waals surface area contributed by atoms with Crippen LogP contribution in [0.3, 0.4) is 0 Å².